The van der Waals surface area contributed by atoms with Crippen LogP contribution in [0.3, 0.4) is 0 Å². The van der Waals surface area contributed by atoms with E-state index in [2.05, 4.69) is 16.8 Å². The van der Waals surface area contributed by atoms with Crippen LogP contribution in [0.4, 0.5) is 0 Å². The van der Waals surface area contributed by atoms with Crippen molar-refractivity contribution in [3.05, 3.63) is 36.0 Å². The number of fused-ring (bicyclic) bond motifs is 1. The van der Waals surface area contributed by atoms with E-state index >= 15 is 0 Å². The topological polar surface area (TPSA) is 62.7 Å². The predicted octanol–water partition coefficient (Wildman–Crippen LogP) is 1.86. The maximum atomic E-state index is 12.8. The molecule has 6 nitrogen and oxygen atoms in total. The van der Waals surface area contributed by atoms with E-state index in [0.717, 1.165) is 5.39 Å². The van der Waals surface area contributed by atoms with Gasteiger partial charge in [-0.3, -0.25) is 9.59 Å². The summed E-state index contributed by atoms with van der Waals surface area (Å²) in [5.41, 5.74) is 0.917. The number of ether oxygens (including phenoxy) is 1. The molecule has 3 rings (SSSR count). The molecule has 0 bridgehead atoms. The van der Waals surface area contributed by atoms with Crippen molar-refractivity contribution in [1.82, 2.24) is 15.0 Å². The Balaban J connectivity index is 1.98. The van der Waals surface area contributed by atoms with Crippen molar-refractivity contribution in [2.75, 3.05) is 20.2 Å². The number of nitrogens with zero attached hydrogens (tertiary/aromatic N) is 3. The summed E-state index contributed by atoms with van der Waals surface area (Å²) in [6.07, 6.45) is 0.716. The zero-order valence-corrected chi connectivity index (χ0v) is 13.6. The first-order valence-corrected chi connectivity index (χ1v) is 7.65. The van der Waals surface area contributed by atoms with Crippen LogP contribution in [0.1, 0.15) is 23.8 Å². The highest BCUT2D eigenvalue weighted by molar-refractivity contribution is 6.00. The third-order valence-corrected chi connectivity index (χ3v) is 3.85. The Morgan fingerprint density at radius 1 is 1.21 bits per heavy atom. The van der Waals surface area contributed by atoms with E-state index < -0.39 is 0 Å². The second-order valence-corrected chi connectivity index (χ2v) is 5.31. The van der Waals surface area contributed by atoms with Gasteiger partial charge in [-0.1, -0.05) is 18.1 Å². The Hall–Kier alpha value is -3.07. The summed E-state index contributed by atoms with van der Waals surface area (Å²) in [5, 5.41) is 3.62. The van der Waals surface area contributed by atoms with Gasteiger partial charge >= 0.3 is 5.91 Å². The van der Waals surface area contributed by atoms with Gasteiger partial charge in [0.05, 0.1) is 12.6 Å². The molecule has 2 heterocycles. The first-order valence-electron chi connectivity index (χ1n) is 7.65. The monoisotopic (exact) mass is 323 g/mol. The van der Waals surface area contributed by atoms with Gasteiger partial charge in [-0.25, -0.2) is 15.0 Å². The third kappa shape index (κ3) is 2.76. The van der Waals surface area contributed by atoms with Crippen molar-refractivity contribution in [3.63, 3.8) is 0 Å². The third-order valence-electron chi connectivity index (χ3n) is 3.85. The van der Waals surface area contributed by atoms with Crippen LogP contribution in [-0.2, 0) is 4.79 Å². The number of pyridine rings is 1. The number of amides is 2. The Kier molecular flexibility index (Phi) is 4.34. The molecule has 0 spiro atoms. The lowest BCUT2D eigenvalue weighted by Crippen LogP contribution is -2.44. The minimum atomic E-state index is -0.379. The summed E-state index contributed by atoms with van der Waals surface area (Å²) in [7, 11) is 1.55. The quantitative estimate of drug-likeness (QED) is 0.792. The Bertz CT molecular complexity index is 867. The lowest BCUT2D eigenvalue weighted by Gasteiger charge is -2.25. The largest absolute Gasteiger partial charge is 0.496 e. The average Bonchev–Trinajstić information content (AvgIpc) is 3.10. The van der Waals surface area contributed by atoms with Crippen molar-refractivity contribution in [1.29, 1.82) is 0 Å². The normalized spacial score (nSPS) is 13.6. The van der Waals surface area contributed by atoms with E-state index in [9.17, 15) is 9.59 Å². The summed E-state index contributed by atoms with van der Waals surface area (Å²) in [4.78, 5) is 29.3. The van der Waals surface area contributed by atoms with E-state index in [4.69, 9.17) is 4.74 Å². The second-order valence-electron chi connectivity index (χ2n) is 5.31. The first-order chi connectivity index (χ1) is 11.7. The number of hydrazine groups is 1. The fourth-order valence-corrected chi connectivity index (χ4v) is 2.76. The summed E-state index contributed by atoms with van der Waals surface area (Å²) < 4.78 is 5.38. The first kappa shape index (κ1) is 15.8. The van der Waals surface area contributed by atoms with Crippen LogP contribution in [0.5, 0.6) is 5.75 Å². The van der Waals surface area contributed by atoms with E-state index in [1.807, 2.05) is 24.3 Å². The molecule has 0 unspecified atom stereocenters. The van der Waals surface area contributed by atoms with Crippen molar-refractivity contribution < 1.29 is 14.3 Å². The van der Waals surface area contributed by atoms with Crippen molar-refractivity contribution in [3.8, 4) is 17.6 Å². The molecule has 2 amide bonds. The van der Waals surface area contributed by atoms with Crippen LogP contribution in [0.25, 0.3) is 10.9 Å². The smallest absolute Gasteiger partial charge is 0.317 e. The number of hydrogen-bond donors (Lipinski definition) is 0. The van der Waals surface area contributed by atoms with E-state index in [1.165, 1.54) is 10.0 Å². The number of carbonyl (C=O) groups excluding carboxylic acids is 2. The lowest BCUT2D eigenvalue weighted by atomic mass is 10.1. The van der Waals surface area contributed by atoms with Gasteiger partial charge in [0.25, 0.3) is 5.91 Å². The molecule has 6 heteroatoms. The molecule has 1 aliphatic rings. The zero-order chi connectivity index (χ0) is 17.1. The molecule has 122 valence electrons. The van der Waals surface area contributed by atoms with E-state index in [-0.39, 0.29) is 17.5 Å². The second kappa shape index (κ2) is 6.59. The Morgan fingerprint density at radius 3 is 2.71 bits per heavy atom. The molecule has 1 aromatic heterocycles. The number of aromatic nitrogens is 1. The Morgan fingerprint density at radius 2 is 1.96 bits per heavy atom. The number of rotatable bonds is 2. The maximum Gasteiger partial charge on any atom is 0.317 e. The molecule has 0 aliphatic carbocycles. The summed E-state index contributed by atoms with van der Waals surface area (Å²) in [6, 6.07) is 9.06. The van der Waals surface area contributed by atoms with Crippen molar-refractivity contribution >= 4 is 22.7 Å². The fraction of sp³-hybridized carbons (Fsp3) is 0.278. The van der Waals surface area contributed by atoms with E-state index in [1.54, 1.807) is 20.1 Å². The highest BCUT2D eigenvalue weighted by Crippen LogP contribution is 2.26. The fourth-order valence-electron chi connectivity index (χ4n) is 2.76. The van der Waals surface area contributed by atoms with Gasteiger partial charge in [-0.2, -0.15) is 0 Å². The number of methoxy groups -OCH3 is 1. The minimum absolute atomic E-state index is 0.245. The molecule has 0 N–H and O–H groups in total. The van der Waals surface area contributed by atoms with Crippen LogP contribution in [-0.4, -0.2) is 47.0 Å². The average molecular weight is 323 g/mol. The van der Waals surface area contributed by atoms with Crippen LogP contribution < -0.4 is 4.74 Å². The molecule has 24 heavy (non-hydrogen) atoms. The van der Waals surface area contributed by atoms with Crippen LogP contribution >= 0.6 is 0 Å². The number of carbonyl (C=O) groups is 2. The molecule has 0 atom stereocenters. The Labute approximate surface area is 140 Å². The highest BCUT2D eigenvalue weighted by Gasteiger charge is 2.31. The molecular weight excluding hydrogens is 306 g/mol. The van der Waals surface area contributed by atoms with Gasteiger partial charge in [0.1, 0.15) is 11.4 Å². The van der Waals surface area contributed by atoms with Gasteiger partial charge in [-0.15, -0.1) is 0 Å². The van der Waals surface area contributed by atoms with Crippen molar-refractivity contribution in [2.45, 2.75) is 13.3 Å². The minimum Gasteiger partial charge on any atom is -0.496 e. The molecule has 1 saturated heterocycles. The molecule has 1 aromatic carbocycles. The molecule has 1 aliphatic heterocycles. The molecule has 0 radical (unpaired) electrons. The number of hydrogen-bond acceptors (Lipinski definition) is 4. The van der Waals surface area contributed by atoms with Gasteiger partial charge in [0, 0.05) is 24.5 Å². The summed E-state index contributed by atoms with van der Waals surface area (Å²) in [5.74, 6) is 4.91. The van der Waals surface area contributed by atoms with Gasteiger partial charge in [0.2, 0.25) is 0 Å². The van der Waals surface area contributed by atoms with Crippen molar-refractivity contribution in [2.24, 2.45) is 0 Å². The van der Waals surface area contributed by atoms with Crippen LogP contribution in [0.15, 0.2) is 30.3 Å². The van der Waals surface area contributed by atoms with Gasteiger partial charge in [0.15, 0.2) is 0 Å². The predicted molar refractivity (Wildman–Crippen MR) is 89.1 cm³/mol. The molecular formula is C18H17N3O3. The SMILES string of the molecule is CC#CC(=O)N1CCCN1C(=O)c1cc(OC)c2ccccc2n1. The van der Waals surface area contributed by atoms with E-state index in [0.29, 0.717) is 30.8 Å². The van der Waals surface area contributed by atoms with Gasteiger partial charge < -0.3 is 4.74 Å². The zero-order valence-electron chi connectivity index (χ0n) is 13.6. The molecule has 0 saturated carbocycles. The lowest BCUT2D eigenvalue weighted by molar-refractivity contribution is -0.134. The summed E-state index contributed by atoms with van der Waals surface area (Å²) >= 11 is 0. The summed E-state index contributed by atoms with van der Waals surface area (Å²) in [6.45, 7) is 2.53. The maximum absolute atomic E-state index is 12.8. The number of benzene rings is 1. The molecule has 1 fully saturated rings. The van der Waals surface area contributed by atoms with Gasteiger partial charge in [-0.05, 0) is 31.4 Å². The van der Waals surface area contributed by atoms with Crippen LogP contribution in [0, 0.1) is 11.8 Å². The number of para-hydroxylation sites is 1. The van der Waals surface area contributed by atoms with Crippen LogP contribution in [0.2, 0.25) is 0 Å². The molecule has 2 aromatic rings. The standard InChI is InChI=1S/C18H17N3O3/c1-3-7-17(22)20-10-6-11-21(20)18(23)15-12-16(24-2)13-8-4-5-9-14(13)19-15/h4-5,8-9,12H,6,10-11H2,1-2H3. The highest BCUT2D eigenvalue weighted by atomic mass is 16.5.